The molecule has 1 atom stereocenters. The van der Waals surface area contributed by atoms with Crippen molar-refractivity contribution in [3.8, 4) is 5.75 Å². The van der Waals surface area contributed by atoms with Gasteiger partial charge in [-0.2, -0.15) is 0 Å². The molecule has 158 valence electrons. The van der Waals surface area contributed by atoms with Crippen LogP contribution in [0.15, 0.2) is 23.9 Å². The van der Waals surface area contributed by atoms with Crippen molar-refractivity contribution >= 4 is 23.4 Å². The van der Waals surface area contributed by atoms with Crippen molar-refractivity contribution in [3.63, 3.8) is 0 Å². The number of aryl methyl sites for hydroxylation is 1. The zero-order chi connectivity index (χ0) is 21.0. The van der Waals surface area contributed by atoms with Gasteiger partial charge in [0.25, 0.3) is 0 Å². The number of nitrogens with one attached hydrogen (secondary N) is 1. The Labute approximate surface area is 176 Å². The Bertz CT molecular complexity index is 802. The molecule has 2 amide bonds. The molecule has 0 radical (unpaired) electrons. The number of aliphatic hydroxyl groups excluding tert-OH is 1. The van der Waals surface area contributed by atoms with Gasteiger partial charge in [-0.05, 0) is 48.9 Å². The lowest BCUT2D eigenvalue weighted by Gasteiger charge is -2.36. The van der Waals surface area contributed by atoms with Gasteiger partial charge < -0.3 is 20.1 Å². The van der Waals surface area contributed by atoms with Crippen LogP contribution in [0.3, 0.4) is 0 Å². The van der Waals surface area contributed by atoms with Crippen LogP contribution in [0.25, 0.3) is 0 Å². The van der Waals surface area contributed by atoms with E-state index in [2.05, 4.69) is 5.32 Å². The number of carbonyl (C=O) groups is 2. The molecule has 6 nitrogen and oxygen atoms in total. The van der Waals surface area contributed by atoms with Crippen LogP contribution in [0.5, 0.6) is 5.75 Å². The molecule has 0 aromatic heterocycles. The van der Waals surface area contributed by atoms with Gasteiger partial charge >= 0.3 is 6.03 Å². The van der Waals surface area contributed by atoms with Crippen LogP contribution in [0.1, 0.15) is 43.2 Å². The topological polar surface area (TPSA) is 78.9 Å². The summed E-state index contributed by atoms with van der Waals surface area (Å²) in [6.07, 6.45) is 7.43. The van der Waals surface area contributed by atoms with Crippen molar-refractivity contribution in [3.05, 3.63) is 40.1 Å². The summed E-state index contributed by atoms with van der Waals surface area (Å²) in [5, 5.41) is 12.5. The van der Waals surface area contributed by atoms with E-state index >= 15 is 0 Å². The lowest BCUT2D eigenvalue weighted by molar-refractivity contribution is -0.115. The summed E-state index contributed by atoms with van der Waals surface area (Å²) in [6.45, 7) is 1.94. The first-order valence-electron chi connectivity index (χ1n) is 10.2. The number of Topliss-reactive ketones (excluding diaryl/α,β-unsaturated/α-hetero) is 1. The third kappa shape index (κ3) is 5.11. The first-order valence-corrected chi connectivity index (χ1v) is 10.6. The molecule has 1 aliphatic heterocycles. The summed E-state index contributed by atoms with van der Waals surface area (Å²) in [6, 6.07) is 3.15. The number of rotatable bonds is 7. The number of amides is 2. The monoisotopic (exact) mass is 420 g/mol. The van der Waals surface area contributed by atoms with E-state index in [1.54, 1.807) is 25.4 Å². The zero-order valence-corrected chi connectivity index (χ0v) is 17.8. The summed E-state index contributed by atoms with van der Waals surface area (Å²) in [4.78, 5) is 26.9. The number of carbonyl (C=O) groups excluding carboxylic acids is 2. The molecule has 0 unspecified atom stereocenters. The summed E-state index contributed by atoms with van der Waals surface area (Å²) in [5.41, 5.74) is 2.39. The zero-order valence-electron chi connectivity index (χ0n) is 17.0. The van der Waals surface area contributed by atoms with Crippen molar-refractivity contribution in [1.29, 1.82) is 0 Å². The van der Waals surface area contributed by atoms with Crippen molar-refractivity contribution in [2.75, 3.05) is 20.3 Å². The summed E-state index contributed by atoms with van der Waals surface area (Å²) in [7, 11) is 1.66. The largest absolute Gasteiger partial charge is 0.490 e. The number of hydrogen-bond donors (Lipinski definition) is 2. The number of halogens is 1. The maximum atomic E-state index is 13.3. The smallest absolute Gasteiger partial charge is 0.321 e. The van der Waals surface area contributed by atoms with E-state index in [-0.39, 0.29) is 37.5 Å². The summed E-state index contributed by atoms with van der Waals surface area (Å²) in [5.74, 6) is 0.748. The second kappa shape index (κ2) is 9.63. The highest BCUT2D eigenvalue weighted by Crippen LogP contribution is 2.33. The molecule has 29 heavy (non-hydrogen) atoms. The van der Waals surface area contributed by atoms with Gasteiger partial charge in [-0.25, -0.2) is 4.79 Å². The Morgan fingerprint density at radius 2 is 2.03 bits per heavy atom. The Morgan fingerprint density at radius 1 is 1.31 bits per heavy atom. The molecule has 1 saturated carbocycles. The number of aliphatic hydroxyl groups is 1. The second-order valence-corrected chi connectivity index (χ2v) is 8.31. The van der Waals surface area contributed by atoms with Crippen molar-refractivity contribution in [2.45, 2.75) is 51.5 Å². The van der Waals surface area contributed by atoms with Gasteiger partial charge in [-0.15, -0.1) is 0 Å². The highest BCUT2D eigenvalue weighted by molar-refractivity contribution is 6.32. The first kappa shape index (κ1) is 21.7. The Kier molecular flexibility index (Phi) is 7.19. The fourth-order valence-corrected chi connectivity index (χ4v) is 4.44. The SMILES string of the molecule is Cc1cc(Cl)c(OCCO)cc1CC(=O)C1=CN(C)C(=O)N[C@@H]1C1CCCCC1. The molecule has 2 aliphatic rings. The number of ketones is 1. The molecular weight excluding hydrogens is 392 g/mol. The standard InChI is InChI=1S/C22H29ClN2O4/c1-14-10-18(23)20(29-9-8-26)12-16(14)11-19(27)17-13-25(2)22(28)24-21(17)15-6-4-3-5-7-15/h10,12-13,15,21,26H,3-9,11H2,1-2H3,(H,24,28)/t21-/m1/s1. The average molecular weight is 421 g/mol. The van der Waals surface area contributed by atoms with Crippen molar-refractivity contribution in [1.82, 2.24) is 10.2 Å². The number of benzene rings is 1. The predicted molar refractivity (Wildman–Crippen MR) is 112 cm³/mol. The van der Waals surface area contributed by atoms with E-state index in [0.29, 0.717) is 22.3 Å². The highest BCUT2D eigenvalue weighted by Gasteiger charge is 2.35. The number of hydrogen-bond acceptors (Lipinski definition) is 4. The third-order valence-electron chi connectivity index (χ3n) is 5.80. The van der Waals surface area contributed by atoms with E-state index in [1.165, 1.54) is 11.3 Å². The van der Waals surface area contributed by atoms with Crippen LogP contribution in [0.2, 0.25) is 5.02 Å². The highest BCUT2D eigenvalue weighted by atomic mass is 35.5. The van der Waals surface area contributed by atoms with Crippen LogP contribution in [0, 0.1) is 12.8 Å². The molecule has 1 aromatic carbocycles. The minimum absolute atomic E-state index is 0.00838. The van der Waals surface area contributed by atoms with Crippen molar-refractivity contribution in [2.24, 2.45) is 5.92 Å². The van der Waals surface area contributed by atoms with Gasteiger partial charge in [-0.3, -0.25) is 4.79 Å². The lowest BCUT2D eigenvalue weighted by atomic mass is 9.79. The molecule has 0 saturated heterocycles. The Hall–Kier alpha value is -2.05. The van der Waals surface area contributed by atoms with E-state index in [0.717, 1.165) is 36.8 Å². The lowest BCUT2D eigenvalue weighted by Crippen LogP contribution is -2.51. The molecule has 1 heterocycles. The first-order chi connectivity index (χ1) is 13.9. The minimum atomic E-state index is -0.232. The molecule has 2 N–H and O–H groups in total. The van der Waals surface area contributed by atoms with E-state index in [9.17, 15) is 9.59 Å². The maximum Gasteiger partial charge on any atom is 0.321 e. The van der Waals surface area contributed by atoms with Gasteiger partial charge in [0.1, 0.15) is 12.4 Å². The average Bonchev–Trinajstić information content (AvgIpc) is 2.71. The Morgan fingerprint density at radius 3 is 2.72 bits per heavy atom. The number of nitrogens with zero attached hydrogens (tertiary/aromatic N) is 1. The van der Waals surface area contributed by atoms with Crippen LogP contribution in [-0.4, -0.2) is 48.1 Å². The molecule has 1 aliphatic carbocycles. The quantitative estimate of drug-likeness (QED) is 0.706. The fourth-order valence-electron chi connectivity index (χ4n) is 4.17. The minimum Gasteiger partial charge on any atom is -0.490 e. The van der Waals surface area contributed by atoms with Gasteiger partial charge in [0, 0.05) is 25.2 Å². The van der Waals surface area contributed by atoms with E-state index in [4.69, 9.17) is 21.4 Å². The molecule has 1 fully saturated rings. The number of ether oxygens (including phenoxy) is 1. The molecule has 7 heteroatoms. The third-order valence-corrected chi connectivity index (χ3v) is 6.10. The summed E-state index contributed by atoms with van der Waals surface area (Å²) < 4.78 is 5.48. The Balaban J connectivity index is 1.83. The van der Waals surface area contributed by atoms with Crippen LogP contribution in [-0.2, 0) is 11.2 Å². The maximum absolute atomic E-state index is 13.3. The van der Waals surface area contributed by atoms with Crippen molar-refractivity contribution < 1.29 is 19.4 Å². The van der Waals surface area contributed by atoms with E-state index < -0.39 is 0 Å². The fraction of sp³-hybridized carbons (Fsp3) is 0.545. The van der Waals surface area contributed by atoms with E-state index in [1.807, 2.05) is 6.92 Å². The van der Waals surface area contributed by atoms with Gasteiger partial charge in [0.15, 0.2) is 5.78 Å². The molecule has 0 spiro atoms. The number of urea groups is 1. The second-order valence-electron chi connectivity index (χ2n) is 7.90. The normalized spacial score (nSPS) is 20.3. The van der Waals surface area contributed by atoms with Gasteiger partial charge in [0.2, 0.25) is 0 Å². The molecule has 1 aromatic rings. The van der Waals surface area contributed by atoms with Crippen LogP contribution >= 0.6 is 11.6 Å². The molecule has 0 bridgehead atoms. The molecule has 3 rings (SSSR count). The predicted octanol–water partition coefficient (Wildman–Crippen LogP) is 3.62. The van der Waals surface area contributed by atoms with Crippen LogP contribution in [0.4, 0.5) is 4.79 Å². The van der Waals surface area contributed by atoms with Crippen LogP contribution < -0.4 is 10.1 Å². The molecular formula is C22H29ClN2O4. The van der Waals surface area contributed by atoms with Gasteiger partial charge in [-0.1, -0.05) is 30.9 Å². The van der Waals surface area contributed by atoms with Gasteiger partial charge in [0.05, 0.1) is 17.7 Å². The summed E-state index contributed by atoms with van der Waals surface area (Å²) >= 11 is 6.23.